The Morgan fingerprint density at radius 2 is 1.54 bits per heavy atom. The summed E-state index contributed by atoms with van der Waals surface area (Å²) in [5, 5.41) is 1.76. The molecule has 140 valence electrons. The average molecular weight is 370 g/mol. The van der Waals surface area contributed by atoms with E-state index < -0.39 is 0 Å². The Labute approximate surface area is 164 Å². The highest BCUT2D eigenvalue weighted by atomic mass is 16.5. The molecule has 0 aliphatic heterocycles. The van der Waals surface area contributed by atoms with Gasteiger partial charge in [0.25, 0.3) is 5.91 Å². The summed E-state index contributed by atoms with van der Waals surface area (Å²) >= 11 is 0. The molecule has 4 heteroatoms. The molecule has 1 amide bonds. The lowest BCUT2D eigenvalue weighted by molar-refractivity contribution is 0.0773. The Bertz CT molecular complexity index is 1140. The molecule has 0 unspecified atom stereocenters. The van der Waals surface area contributed by atoms with Crippen molar-refractivity contribution in [1.29, 1.82) is 0 Å². The summed E-state index contributed by atoms with van der Waals surface area (Å²) in [6.45, 7) is 5.33. The molecule has 0 fully saturated rings. The van der Waals surface area contributed by atoms with Crippen molar-refractivity contribution in [2.45, 2.75) is 13.8 Å². The molecule has 28 heavy (non-hydrogen) atoms. The second-order valence-electron chi connectivity index (χ2n) is 6.58. The number of carbonyl (C=O) groups excluding carboxylic acids is 1. The minimum absolute atomic E-state index is 0.0192. The molecule has 0 aliphatic rings. The van der Waals surface area contributed by atoms with Crippen LogP contribution in [-0.2, 0) is 0 Å². The number of rotatable bonds is 5. The minimum Gasteiger partial charge on any atom is -0.456 e. The molecule has 0 radical (unpaired) electrons. The van der Waals surface area contributed by atoms with Gasteiger partial charge in [-0.2, -0.15) is 0 Å². The zero-order chi connectivity index (χ0) is 19.5. The third-order valence-electron chi connectivity index (χ3n) is 4.89. The van der Waals surface area contributed by atoms with Crippen molar-refractivity contribution >= 4 is 27.7 Å². The Morgan fingerprint density at radius 3 is 2.29 bits per heavy atom. The van der Waals surface area contributed by atoms with E-state index in [1.807, 2.05) is 91.5 Å². The first-order chi connectivity index (χ1) is 13.7. The van der Waals surface area contributed by atoms with E-state index in [2.05, 4.69) is 0 Å². The van der Waals surface area contributed by atoms with Crippen LogP contribution in [0.25, 0.3) is 21.8 Å². The lowest BCUT2D eigenvalue weighted by atomic mass is 10.1. The number of ether oxygens (including phenoxy) is 1. The third kappa shape index (κ3) is 3.29. The molecule has 1 heterocycles. The second kappa shape index (κ2) is 7.69. The summed E-state index contributed by atoms with van der Waals surface area (Å²) in [5.74, 6) is 1.49. The highest BCUT2D eigenvalue weighted by Gasteiger charge is 2.16. The maximum atomic E-state index is 12.8. The van der Waals surface area contributed by atoms with Gasteiger partial charge >= 0.3 is 0 Å². The van der Waals surface area contributed by atoms with Crippen LogP contribution in [0, 0.1) is 0 Å². The third-order valence-corrected chi connectivity index (χ3v) is 4.89. The number of aromatic nitrogens is 1. The highest BCUT2D eigenvalue weighted by molar-refractivity contribution is 6.05. The Hall–Kier alpha value is -3.40. The predicted molar refractivity (Wildman–Crippen MR) is 113 cm³/mol. The maximum absolute atomic E-state index is 12.8. The van der Waals surface area contributed by atoms with Crippen molar-refractivity contribution in [2.75, 3.05) is 13.1 Å². The van der Waals surface area contributed by atoms with Crippen molar-refractivity contribution < 1.29 is 9.53 Å². The SMILES string of the molecule is CCN(CC)C(=O)c1ccc2nc3ccccc3c(Oc3ccccc3)c2c1. The number of benzene rings is 3. The van der Waals surface area contributed by atoms with Gasteiger partial charge in [-0.25, -0.2) is 4.98 Å². The molecule has 0 saturated heterocycles. The number of hydrogen-bond donors (Lipinski definition) is 0. The largest absolute Gasteiger partial charge is 0.456 e. The first-order valence-electron chi connectivity index (χ1n) is 9.56. The number of fused-ring (bicyclic) bond motifs is 2. The number of hydrogen-bond acceptors (Lipinski definition) is 3. The van der Waals surface area contributed by atoms with Crippen molar-refractivity contribution in [1.82, 2.24) is 9.88 Å². The van der Waals surface area contributed by atoms with Gasteiger partial charge in [0.1, 0.15) is 11.5 Å². The Balaban J connectivity index is 1.93. The first-order valence-corrected chi connectivity index (χ1v) is 9.56. The monoisotopic (exact) mass is 370 g/mol. The van der Waals surface area contributed by atoms with Crippen LogP contribution in [0.1, 0.15) is 24.2 Å². The van der Waals surface area contributed by atoms with Gasteiger partial charge in [0, 0.05) is 29.4 Å². The standard InChI is InChI=1S/C24H22N2O2/c1-3-26(4-2)24(27)17-14-15-22-20(16-17)23(28-18-10-6-5-7-11-18)19-12-8-9-13-21(19)25-22/h5-16H,3-4H2,1-2H3. The average Bonchev–Trinajstić information content (AvgIpc) is 2.75. The van der Waals surface area contributed by atoms with E-state index in [1.165, 1.54) is 0 Å². The second-order valence-corrected chi connectivity index (χ2v) is 6.58. The molecule has 1 aromatic heterocycles. The van der Waals surface area contributed by atoms with Gasteiger partial charge in [-0.05, 0) is 56.3 Å². The molecule has 0 saturated carbocycles. The minimum atomic E-state index is 0.0192. The smallest absolute Gasteiger partial charge is 0.253 e. The van der Waals surface area contributed by atoms with Gasteiger partial charge < -0.3 is 9.64 Å². The summed E-state index contributed by atoms with van der Waals surface area (Å²) in [4.78, 5) is 19.4. The molecule has 0 spiro atoms. The molecule has 0 atom stereocenters. The molecule has 0 N–H and O–H groups in total. The van der Waals surface area contributed by atoms with Gasteiger partial charge in [-0.3, -0.25) is 4.79 Å². The molecular formula is C24H22N2O2. The van der Waals surface area contributed by atoms with Crippen LogP contribution < -0.4 is 4.74 Å². The summed E-state index contributed by atoms with van der Waals surface area (Å²) < 4.78 is 6.29. The lowest BCUT2D eigenvalue weighted by Gasteiger charge is -2.19. The van der Waals surface area contributed by atoms with Gasteiger partial charge in [-0.1, -0.05) is 30.3 Å². The zero-order valence-electron chi connectivity index (χ0n) is 16.1. The molecule has 4 nitrogen and oxygen atoms in total. The number of para-hydroxylation sites is 2. The van der Waals surface area contributed by atoms with Crippen molar-refractivity contribution in [2.24, 2.45) is 0 Å². The van der Waals surface area contributed by atoms with Gasteiger partial charge in [0.15, 0.2) is 0 Å². The molecule has 0 aliphatic carbocycles. The summed E-state index contributed by atoms with van der Waals surface area (Å²) in [6, 6.07) is 23.2. The molecule has 4 rings (SSSR count). The molecular weight excluding hydrogens is 348 g/mol. The summed E-state index contributed by atoms with van der Waals surface area (Å²) in [5.41, 5.74) is 2.32. The van der Waals surface area contributed by atoms with Crippen LogP contribution in [0.4, 0.5) is 0 Å². The topological polar surface area (TPSA) is 42.4 Å². The number of amides is 1. The molecule has 0 bridgehead atoms. The Kier molecular flexibility index (Phi) is 4.94. The first kappa shape index (κ1) is 18.0. The van der Waals surface area contributed by atoms with E-state index in [0.717, 1.165) is 33.3 Å². The number of nitrogens with zero attached hydrogens (tertiary/aromatic N) is 2. The van der Waals surface area contributed by atoms with Crippen LogP contribution >= 0.6 is 0 Å². The Morgan fingerprint density at radius 1 is 0.857 bits per heavy atom. The number of pyridine rings is 1. The van der Waals surface area contributed by atoms with E-state index in [1.54, 1.807) is 0 Å². The quantitative estimate of drug-likeness (QED) is 0.426. The summed E-state index contributed by atoms with van der Waals surface area (Å²) in [6.07, 6.45) is 0. The van der Waals surface area contributed by atoms with Crippen LogP contribution in [-0.4, -0.2) is 28.9 Å². The maximum Gasteiger partial charge on any atom is 0.253 e. The molecule has 4 aromatic rings. The van der Waals surface area contributed by atoms with E-state index in [-0.39, 0.29) is 5.91 Å². The fourth-order valence-electron chi connectivity index (χ4n) is 3.40. The van der Waals surface area contributed by atoms with E-state index in [9.17, 15) is 4.79 Å². The normalized spacial score (nSPS) is 10.9. The zero-order valence-corrected chi connectivity index (χ0v) is 16.1. The lowest BCUT2D eigenvalue weighted by Crippen LogP contribution is -2.30. The van der Waals surface area contributed by atoms with Gasteiger partial charge in [0.05, 0.1) is 11.0 Å². The van der Waals surface area contributed by atoms with Crippen molar-refractivity contribution in [3.8, 4) is 11.5 Å². The van der Waals surface area contributed by atoms with E-state index in [0.29, 0.717) is 18.7 Å². The van der Waals surface area contributed by atoms with Gasteiger partial charge in [0.2, 0.25) is 0 Å². The van der Waals surface area contributed by atoms with Crippen molar-refractivity contribution in [3.63, 3.8) is 0 Å². The van der Waals surface area contributed by atoms with E-state index >= 15 is 0 Å². The van der Waals surface area contributed by atoms with Crippen LogP contribution in [0.3, 0.4) is 0 Å². The van der Waals surface area contributed by atoms with Crippen LogP contribution in [0.5, 0.6) is 11.5 Å². The van der Waals surface area contributed by atoms with E-state index in [4.69, 9.17) is 9.72 Å². The number of carbonyl (C=O) groups is 1. The predicted octanol–water partition coefficient (Wildman–Crippen LogP) is 5.66. The van der Waals surface area contributed by atoms with Crippen molar-refractivity contribution in [3.05, 3.63) is 78.4 Å². The fraction of sp³-hybridized carbons (Fsp3) is 0.167. The van der Waals surface area contributed by atoms with Crippen LogP contribution in [0.15, 0.2) is 72.8 Å². The summed E-state index contributed by atoms with van der Waals surface area (Å²) in [7, 11) is 0. The highest BCUT2D eigenvalue weighted by Crippen LogP contribution is 2.36. The fourth-order valence-corrected chi connectivity index (χ4v) is 3.40. The van der Waals surface area contributed by atoms with Crippen LogP contribution in [0.2, 0.25) is 0 Å². The molecule has 3 aromatic carbocycles. The van der Waals surface area contributed by atoms with Gasteiger partial charge in [-0.15, -0.1) is 0 Å².